The molecule has 5 nitrogen and oxygen atoms in total. The summed E-state index contributed by atoms with van der Waals surface area (Å²) in [6.45, 7) is 0.677. The predicted molar refractivity (Wildman–Crippen MR) is 86.2 cm³/mol. The summed E-state index contributed by atoms with van der Waals surface area (Å²) in [6.07, 6.45) is 6.44. The van der Waals surface area contributed by atoms with E-state index in [1.807, 2.05) is 18.3 Å². The van der Waals surface area contributed by atoms with Crippen LogP contribution in [0.5, 0.6) is 0 Å². The van der Waals surface area contributed by atoms with Crippen LogP contribution in [0.3, 0.4) is 0 Å². The molecule has 2 fully saturated rings. The molecule has 1 amide bonds. The number of aromatic nitrogens is 1. The van der Waals surface area contributed by atoms with E-state index in [1.165, 1.54) is 23.8 Å². The molecule has 116 valence electrons. The third-order valence-corrected chi connectivity index (χ3v) is 5.07. The zero-order valence-electron chi connectivity index (χ0n) is 12.6. The molecule has 0 bridgehead atoms. The molecule has 2 aliphatic rings. The van der Waals surface area contributed by atoms with Crippen LogP contribution in [0.4, 0.5) is 0 Å². The monoisotopic (exact) mass is 298 g/mol. The summed E-state index contributed by atoms with van der Waals surface area (Å²) < 4.78 is 0. The maximum atomic E-state index is 12.4. The number of hydrazine groups is 1. The zero-order chi connectivity index (χ0) is 14.9. The molecule has 4 N–H and O–H groups in total. The summed E-state index contributed by atoms with van der Waals surface area (Å²) in [5.74, 6) is 0.579. The van der Waals surface area contributed by atoms with Gasteiger partial charge in [-0.2, -0.15) is 0 Å². The number of fused-ring (bicyclic) bond motifs is 2. The van der Waals surface area contributed by atoms with E-state index < -0.39 is 0 Å². The number of hydrogen-bond acceptors (Lipinski definition) is 3. The average molecular weight is 298 g/mol. The Bertz CT molecular complexity index is 680. The topological polar surface area (TPSA) is 69.0 Å². The fourth-order valence-corrected chi connectivity index (χ4v) is 3.90. The number of benzene rings is 1. The molecule has 1 saturated heterocycles. The Labute approximate surface area is 129 Å². The van der Waals surface area contributed by atoms with E-state index in [1.54, 1.807) is 0 Å². The number of H-pyrrole nitrogens is 1. The van der Waals surface area contributed by atoms with Gasteiger partial charge in [-0.3, -0.25) is 10.2 Å². The first-order chi connectivity index (χ1) is 10.8. The van der Waals surface area contributed by atoms with E-state index in [9.17, 15) is 4.79 Å². The number of aromatic amines is 1. The number of nitrogens with one attached hydrogen (secondary N) is 4. The maximum Gasteiger partial charge on any atom is 0.238 e. The Morgan fingerprint density at radius 1 is 1.23 bits per heavy atom. The molecule has 2 aromatic rings. The van der Waals surface area contributed by atoms with E-state index >= 15 is 0 Å². The van der Waals surface area contributed by atoms with Gasteiger partial charge in [-0.15, -0.1) is 0 Å². The van der Waals surface area contributed by atoms with Crippen molar-refractivity contribution in [3.05, 3.63) is 36.0 Å². The van der Waals surface area contributed by atoms with Gasteiger partial charge in [0.2, 0.25) is 5.91 Å². The molecule has 4 rings (SSSR count). The Morgan fingerprint density at radius 3 is 3.09 bits per heavy atom. The molecule has 3 unspecified atom stereocenters. The second-order valence-corrected chi connectivity index (χ2v) is 6.37. The minimum atomic E-state index is -0.0736. The lowest BCUT2D eigenvalue weighted by Gasteiger charge is -2.16. The molecule has 0 spiro atoms. The minimum Gasteiger partial charge on any atom is -0.361 e. The summed E-state index contributed by atoms with van der Waals surface area (Å²) in [6, 6.07) is 8.67. The number of hydrogen-bond donors (Lipinski definition) is 4. The Balaban J connectivity index is 1.34. The fraction of sp³-hybridized carbons (Fsp3) is 0.471. The average Bonchev–Trinajstić information content (AvgIpc) is 3.22. The molecule has 2 heterocycles. The lowest BCUT2D eigenvalue weighted by Crippen LogP contribution is -2.46. The van der Waals surface area contributed by atoms with Gasteiger partial charge in [0.25, 0.3) is 0 Å². The van der Waals surface area contributed by atoms with Gasteiger partial charge in [0.05, 0.1) is 0 Å². The van der Waals surface area contributed by atoms with Crippen LogP contribution in [0.2, 0.25) is 0 Å². The molecule has 1 saturated carbocycles. The van der Waals surface area contributed by atoms with Crippen LogP contribution in [-0.4, -0.2) is 29.5 Å². The SMILES string of the molecule is O=C(NCCc1c[nH]c2ccccc12)C1NNC2CCCC21. The lowest BCUT2D eigenvalue weighted by atomic mass is 9.96. The molecule has 1 aromatic heterocycles. The highest BCUT2D eigenvalue weighted by atomic mass is 16.2. The van der Waals surface area contributed by atoms with Gasteiger partial charge in [-0.25, -0.2) is 5.43 Å². The predicted octanol–water partition coefficient (Wildman–Crippen LogP) is 1.47. The van der Waals surface area contributed by atoms with Crippen molar-refractivity contribution >= 4 is 16.8 Å². The molecular formula is C17H22N4O. The van der Waals surface area contributed by atoms with Crippen LogP contribution in [0.1, 0.15) is 24.8 Å². The molecule has 0 radical (unpaired) electrons. The van der Waals surface area contributed by atoms with Gasteiger partial charge < -0.3 is 10.3 Å². The summed E-state index contributed by atoms with van der Waals surface area (Å²) in [5, 5.41) is 4.33. The van der Waals surface area contributed by atoms with Gasteiger partial charge in [0.1, 0.15) is 6.04 Å². The quantitative estimate of drug-likeness (QED) is 0.691. The van der Waals surface area contributed by atoms with E-state index in [0.29, 0.717) is 18.5 Å². The molecule has 5 heteroatoms. The third-order valence-electron chi connectivity index (χ3n) is 5.07. The van der Waals surface area contributed by atoms with E-state index in [2.05, 4.69) is 33.3 Å². The van der Waals surface area contributed by atoms with E-state index in [0.717, 1.165) is 18.4 Å². The summed E-state index contributed by atoms with van der Waals surface area (Å²) in [5.41, 5.74) is 8.83. The highest BCUT2D eigenvalue weighted by Crippen LogP contribution is 2.31. The van der Waals surface area contributed by atoms with Crippen LogP contribution >= 0.6 is 0 Å². The molecule has 1 aliphatic carbocycles. The van der Waals surface area contributed by atoms with Crippen molar-refractivity contribution in [1.29, 1.82) is 0 Å². The first kappa shape index (κ1) is 13.8. The zero-order valence-corrected chi connectivity index (χ0v) is 12.6. The fourth-order valence-electron chi connectivity index (χ4n) is 3.90. The number of rotatable bonds is 4. The first-order valence-electron chi connectivity index (χ1n) is 8.17. The molecule has 22 heavy (non-hydrogen) atoms. The summed E-state index contributed by atoms with van der Waals surface area (Å²) in [4.78, 5) is 15.6. The van der Waals surface area contributed by atoms with Crippen molar-refractivity contribution in [1.82, 2.24) is 21.2 Å². The van der Waals surface area contributed by atoms with E-state index in [-0.39, 0.29) is 11.9 Å². The highest BCUT2D eigenvalue weighted by Gasteiger charge is 2.42. The van der Waals surface area contributed by atoms with Crippen molar-refractivity contribution in [3.8, 4) is 0 Å². The third kappa shape index (κ3) is 2.40. The lowest BCUT2D eigenvalue weighted by molar-refractivity contribution is -0.123. The standard InChI is InChI=1S/C17H22N4O/c22-17(16-13-5-3-7-15(13)20-21-16)18-9-8-11-10-19-14-6-2-1-4-12(11)14/h1-2,4,6,10,13,15-16,19-21H,3,5,7-9H2,(H,18,22). The van der Waals surface area contributed by atoms with Crippen molar-refractivity contribution in [2.45, 2.75) is 37.8 Å². The Hall–Kier alpha value is -1.85. The van der Waals surface area contributed by atoms with Gasteiger partial charge in [-0.05, 0) is 30.9 Å². The van der Waals surface area contributed by atoms with Crippen molar-refractivity contribution in [2.24, 2.45) is 5.92 Å². The van der Waals surface area contributed by atoms with Crippen LogP contribution in [-0.2, 0) is 11.2 Å². The molecular weight excluding hydrogens is 276 g/mol. The van der Waals surface area contributed by atoms with Crippen molar-refractivity contribution in [3.63, 3.8) is 0 Å². The van der Waals surface area contributed by atoms with Crippen LogP contribution < -0.4 is 16.2 Å². The van der Waals surface area contributed by atoms with Crippen molar-refractivity contribution in [2.75, 3.05) is 6.54 Å². The Morgan fingerprint density at radius 2 is 2.14 bits per heavy atom. The van der Waals surface area contributed by atoms with Crippen LogP contribution in [0.25, 0.3) is 10.9 Å². The van der Waals surface area contributed by atoms with Gasteiger partial charge in [0.15, 0.2) is 0 Å². The van der Waals surface area contributed by atoms with Gasteiger partial charge in [-0.1, -0.05) is 24.6 Å². The van der Waals surface area contributed by atoms with Gasteiger partial charge >= 0.3 is 0 Å². The normalized spacial score (nSPS) is 27.2. The maximum absolute atomic E-state index is 12.4. The Kier molecular flexibility index (Phi) is 3.60. The highest BCUT2D eigenvalue weighted by molar-refractivity contribution is 5.84. The minimum absolute atomic E-state index is 0.0736. The van der Waals surface area contributed by atoms with Crippen LogP contribution in [0.15, 0.2) is 30.5 Å². The largest absolute Gasteiger partial charge is 0.361 e. The number of amides is 1. The van der Waals surface area contributed by atoms with Crippen molar-refractivity contribution < 1.29 is 4.79 Å². The van der Waals surface area contributed by atoms with Crippen LogP contribution in [0, 0.1) is 5.92 Å². The molecule has 1 aliphatic heterocycles. The summed E-state index contributed by atoms with van der Waals surface area (Å²) >= 11 is 0. The second kappa shape index (κ2) is 5.74. The second-order valence-electron chi connectivity index (χ2n) is 6.37. The number of carbonyl (C=O) groups is 1. The van der Waals surface area contributed by atoms with E-state index in [4.69, 9.17) is 0 Å². The molecule has 1 aromatic carbocycles. The smallest absolute Gasteiger partial charge is 0.238 e. The first-order valence-corrected chi connectivity index (χ1v) is 8.17. The number of para-hydroxylation sites is 1. The molecule has 3 atom stereocenters. The summed E-state index contributed by atoms with van der Waals surface area (Å²) in [7, 11) is 0. The number of carbonyl (C=O) groups excluding carboxylic acids is 1. The van der Waals surface area contributed by atoms with Gasteiger partial charge in [0, 0.05) is 35.6 Å².